The van der Waals surface area contributed by atoms with Gasteiger partial charge in [0.25, 0.3) is 11.6 Å². The molecule has 0 bridgehead atoms. The smallest absolute Gasteiger partial charge is 0.257 e. The van der Waals surface area contributed by atoms with Crippen LogP contribution in [0, 0.1) is 0 Å². The Balaban J connectivity index is 1.47. The molecule has 146 valence electrons. The van der Waals surface area contributed by atoms with Crippen LogP contribution in [0.2, 0.25) is 0 Å². The van der Waals surface area contributed by atoms with Gasteiger partial charge in [0.1, 0.15) is 5.82 Å². The minimum absolute atomic E-state index is 0.188. The van der Waals surface area contributed by atoms with Crippen LogP contribution in [0.1, 0.15) is 35.8 Å². The van der Waals surface area contributed by atoms with Crippen molar-refractivity contribution in [1.29, 1.82) is 0 Å². The van der Waals surface area contributed by atoms with E-state index in [0.29, 0.717) is 17.0 Å². The molecule has 28 heavy (non-hydrogen) atoms. The number of likely N-dealkylation sites (N-methyl/N-ethyl adjacent to an activating group) is 1. The molecule has 0 radical (unpaired) electrons. The molecule has 1 aliphatic rings. The van der Waals surface area contributed by atoms with Crippen LogP contribution in [0.5, 0.6) is 0 Å². The number of fused-ring (bicyclic) bond motifs is 1. The second-order valence-electron chi connectivity index (χ2n) is 7.45. The Labute approximate surface area is 163 Å². The number of nitrogens with one attached hydrogen (secondary N) is 1. The van der Waals surface area contributed by atoms with Gasteiger partial charge in [-0.05, 0) is 31.2 Å². The first kappa shape index (κ1) is 18.4. The van der Waals surface area contributed by atoms with Crippen LogP contribution in [0.25, 0.3) is 11.1 Å². The number of anilines is 2. The fourth-order valence-electron chi connectivity index (χ4n) is 3.28. The van der Waals surface area contributed by atoms with Crippen molar-refractivity contribution in [3.63, 3.8) is 0 Å². The van der Waals surface area contributed by atoms with Crippen LogP contribution in [0.3, 0.4) is 0 Å². The maximum atomic E-state index is 12.6. The molecule has 1 saturated heterocycles. The van der Waals surface area contributed by atoms with Crippen LogP contribution in [-0.4, -0.2) is 59.2 Å². The molecule has 4 rings (SSSR count). The molecular weight excluding hydrogens is 356 g/mol. The van der Waals surface area contributed by atoms with Crippen molar-refractivity contribution < 1.29 is 9.32 Å². The highest BCUT2D eigenvalue weighted by molar-refractivity contribution is 6.05. The van der Waals surface area contributed by atoms with Crippen molar-refractivity contribution in [1.82, 2.24) is 20.0 Å². The standard InChI is InChI=1S/C20H24N6O2/c1-13(2)18-16-10-14(11-22-20(16)28-24-18)19(27)23-15-4-5-17(21-12-15)26-8-6-25(3)7-9-26/h4-5,10-13H,6-9H2,1-3H3,(H,23,27). The summed E-state index contributed by atoms with van der Waals surface area (Å²) in [5, 5.41) is 7.70. The fraction of sp³-hybridized carbons (Fsp3) is 0.400. The second kappa shape index (κ2) is 7.55. The first-order chi connectivity index (χ1) is 13.5. The van der Waals surface area contributed by atoms with Gasteiger partial charge >= 0.3 is 0 Å². The molecule has 0 spiro atoms. The van der Waals surface area contributed by atoms with Crippen LogP contribution < -0.4 is 10.2 Å². The summed E-state index contributed by atoms with van der Waals surface area (Å²) in [6.07, 6.45) is 3.19. The van der Waals surface area contributed by atoms with E-state index in [1.54, 1.807) is 12.3 Å². The number of rotatable bonds is 4. The molecule has 3 aromatic heterocycles. The predicted octanol–water partition coefficient (Wildman–Crippen LogP) is 2.75. The third-order valence-corrected chi connectivity index (χ3v) is 5.00. The number of hydrogen-bond donors (Lipinski definition) is 1. The van der Waals surface area contributed by atoms with E-state index in [1.165, 1.54) is 6.20 Å². The number of piperazine rings is 1. The molecule has 8 heteroatoms. The van der Waals surface area contributed by atoms with Gasteiger partial charge in [0.05, 0.1) is 28.5 Å². The number of hydrogen-bond acceptors (Lipinski definition) is 7. The normalized spacial score (nSPS) is 15.4. The van der Waals surface area contributed by atoms with Gasteiger partial charge in [-0.15, -0.1) is 0 Å². The Kier molecular flexibility index (Phi) is 4.95. The molecule has 0 saturated carbocycles. The van der Waals surface area contributed by atoms with Gasteiger partial charge in [-0.3, -0.25) is 4.79 Å². The van der Waals surface area contributed by atoms with Gasteiger partial charge in [0.2, 0.25) is 0 Å². The molecule has 0 aliphatic carbocycles. The summed E-state index contributed by atoms with van der Waals surface area (Å²) in [7, 11) is 2.12. The first-order valence-electron chi connectivity index (χ1n) is 9.47. The van der Waals surface area contributed by atoms with E-state index < -0.39 is 0 Å². The van der Waals surface area contributed by atoms with E-state index in [4.69, 9.17) is 4.52 Å². The lowest BCUT2D eigenvalue weighted by molar-refractivity contribution is 0.102. The van der Waals surface area contributed by atoms with Crippen molar-refractivity contribution in [3.8, 4) is 0 Å². The van der Waals surface area contributed by atoms with Gasteiger partial charge < -0.3 is 19.6 Å². The predicted molar refractivity (Wildman–Crippen MR) is 108 cm³/mol. The molecule has 1 N–H and O–H groups in total. The Morgan fingerprint density at radius 1 is 1.14 bits per heavy atom. The van der Waals surface area contributed by atoms with Gasteiger partial charge in [-0.25, -0.2) is 9.97 Å². The molecule has 0 aromatic carbocycles. The number of carbonyl (C=O) groups excluding carboxylic acids is 1. The van der Waals surface area contributed by atoms with Crippen molar-refractivity contribution in [3.05, 3.63) is 41.9 Å². The molecule has 0 atom stereocenters. The van der Waals surface area contributed by atoms with Gasteiger partial charge in [-0.1, -0.05) is 19.0 Å². The minimum atomic E-state index is -0.237. The molecule has 1 fully saturated rings. The second-order valence-corrected chi connectivity index (χ2v) is 7.45. The Hall–Kier alpha value is -3.00. The third-order valence-electron chi connectivity index (χ3n) is 5.00. The van der Waals surface area contributed by atoms with E-state index in [2.05, 4.69) is 37.3 Å². The van der Waals surface area contributed by atoms with E-state index in [1.807, 2.05) is 26.0 Å². The number of pyridine rings is 2. The molecule has 1 aliphatic heterocycles. The molecular formula is C20H24N6O2. The van der Waals surface area contributed by atoms with Crippen LogP contribution in [-0.2, 0) is 0 Å². The van der Waals surface area contributed by atoms with E-state index in [-0.39, 0.29) is 11.8 Å². The van der Waals surface area contributed by atoms with E-state index in [0.717, 1.165) is 43.1 Å². The van der Waals surface area contributed by atoms with Gasteiger partial charge in [0.15, 0.2) is 0 Å². The summed E-state index contributed by atoms with van der Waals surface area (Å²) in [5.41, 5.74) is 2.35. The molecule has 0 unspecified atom stereocenters. The van der Waals surface area contributed by atoms with Crippen LogP contribution in [0.15, 0.2) is 35.1 Å². The lowest BCUT2D eigenvalue weighted by Gasteiger charge is -2.33. The zero-order chi connectivity index (χ0) is 19.7. The summed E-state index contributed by atoms with van der Waals surface area (Å²) in [6.45, 7) is 8.01. The number of aromatic nitrogens is 3. The van der Waals surface area contributed by atoms with Gasteiger partial charge in [0, 0.05) is 32.4 Å². The van der Waals surface area contributed by atoms with E-state index in [9.17, 15) is 4.79 Å². The van der Waals surface area contributed by atoms with Crippen LogP contribution >= 0.6 is 0 Å². The zero-order valence-electron chi connectivity index (χ0n) is 16.3. The SMILES string of the molecule is CC(C)c1noc2ncc(C(=O)Nc3ccc(N4CCN(C)CC4)nc3)cc12. The summed E-state index contributed by atoms with van der Waals surface area (Å²) in [4.78, 5) is 25.9. The summed E-state index contributed by atoms with van der Waals surface area (Å²) in [6, 6.07) is 5.60. The first-order valence-corrected chi connectivity index (χ1v) is 9.47. The average molecular weight is 380 g/mol. The lowest BCUT2D eigenvalue weighted by Crippen LogP contribution is -2.44. The molecule has 4 heterocycles. The third kappa shape index (κ3) is 3.68. The van der Waals surface area contributed by atoms with Crippen molar-refractivity contribution in [2.45, 2.75) is 19.8 Å². The molecule has 3 aromatic rings. The summed E-state index contributed by atoms with van der Waals surface area (Å²) in [5.74, 6) is 0.882. The lowest BCUT2D eigenvalue weighted by atomic mass is 10.1. The van der Waals surface area contributed by atoms with Crippen LogP contribution in [0.4, 0.5) is 11.5 Å². The van der Waals surface area contributed by atoms with Gasteiger partial charge in [-0.2, -0.15) is 0 Å². The maximum absolute atomic E-state index is 12.6. The van der Waals surface area contributed by atoms with Crippen molar-refractivity contribution >= 4 is 28.5 Å². The summed E-state index contributed by atoms with van der Waals surface area (Å²) < 4.78 is 5.23. The fourth-order valence-corrected chi connectivity index (χ4v) is 3.28. The van der Waals surface area contributed by atoms with Crippen molar-refractivity contribution in [2.24, 2.45) is 0 Å². The monoisotopic (exact) mass is 380 g/mol. The average Bonchev–Trinajstić information content (AvgIpc) is 3.13. The zero-order valence-corrected chi connectivity index (χ0v) is 16.3. The number of carbonyl (C=O) groups is 1. The highest BCUT2D eigenvalue weighted by atomic mass is 16.5. The Bertz CT molecular complexity index is 974. The Morgan fingerprint density at radius 2 is 1.93 bits per heavy atom. The number of amides is 1. The number of nitrogens with zero attached hydrogens (tertiary/aromatic N) is 5. The topological polar surface area (TPSA) is 87.4 Å². The highest BCUT2D eigenvalue weighted by Crippen LogP contribution is 2.24. The quantitative estimate of drug-likeness (QED) is 0.744. The summed E-state index contributed by atoms with van der Waals surface area (Å²) >= 11 is 0. The molecule has 8 nitrogen and oxygen atoms in total. The maximum Gasteiger partial charge on any atom is 0.257 e. The minimum Gasteiger partial charge on any atom is -0.354 e. The van der Waals surface area contributed by atoms with Crippen molar-refractivity contribution in [2.75, 3.05) is 43.4 Å². The molecule has 1 amide bonds. The van der Waals surface area contributed by atoms with E-state index >= 15 is 0 Å². The Morgan fingerprint density at radius 3 is 2.61 bits per heavy atom. The largest absolute Gasteiger partial charge is 0.354 e. The highest BCUT2D eigenvalue weighted by Gasteiger charge is 2.17.